The minimum absolute atomic E-state index is 0.0788. The highest BCUT2D eigenvalue weighted by atomic mass is 16.1. The molecule has 0 heterocycles. The van der Waals surface area contributed by atoms with Crippen molar-refractivity contribution in [2.24, 2.45) is 0 Å². The van der Waals surface area contributed by atoms with Gasteiger partial charge in [0.05, 0.1) is 0 Å². The van der Waals surface area contributed by atoms with Crippen LogP contribution in [0.3, 0.4) is 0 Å². The maximum atomic E-state index is 11.3. The van der Waals surface area contributed by atoms with E-state index in [1.165, 1.54) is 0 Å². The Morgan fingerprint density at radius 1 is 1.05 bits per heavy atom. The van der Waals surface area contributed by atoms with Gasteiger partial charge in [0.15, 0.2) is 0 Å². The smallest absolute Gasteiger partial charge is 0.224 e. The molecule has 0 saturated heterocycles. The van der Waals surface area contributed by atoms with Crippen molar-refractivity contribution in [3.8, 4) is 0 Å². The summed E-state index contributed by atoms with van der Waals surface area (Å²) in [6.45, 7) is 9.99. The Hall–Kier alpha value is -1.51. The molecule has 0 radical (unpaired) electrons. The number of carbonyl (C=O) groups excluding carboxylic acids is 1. The van der Waals surface area contributed by atoms with E-state index in [1.54, 1.807) is 0 Å². The first-order chi connectivity index (χ1) is 9.13. The summed E-state index contributed by atoms with van der Waals surface area (Å²) in [7, 11) is 3.98. The van der Waals surface area contributed by atoms with Crippen LogP contribution in [0, 0.1) is 0 Å². The quantitative estimate of drug-likeness (QED) is 0.867. The molecule has 1 rings (SSSR count). The topological polar surface area (TPSA) is 32.3 Å². The highest BCUT2D eigenvalue weighted by Gasteiger charge is 2.00. The maximum Gasteiger partial charge on any atom is 0.224 e. The fourth-order valence-corrected chi connectivity index (χ4v) is 1.29. The van der Waals surface area contributed by atoms with Crippen LogP contribution in [0.2, 0.25) is 0 Å². The number of anilines is 2. The normalized spacial score (nSPS) is 8.37. The molecule has 0 aliphatic carbocycles. The van der Waals surface area contributed by atoms with Gasteiger partial charge >= 0.3 is 0 Å². The third kappa shape index (κ3) is 9.11. The zero-order valence-electron chi connectivity index (χ0n) is 13.6. The Bertz CT molecular complexity index is 318. The van der Waals surface area contributed by atoms with E-state index in [2.05, 4.69) is 5.32 Å². The molecule has 1 amide bonds. The van der Waals surface area contributed by atoms with Crippen molar-refractivity contribution in [2.75, 3.05) is 24.3 Å². The summed E-state index contributed by atoms with van der Waals surface area (Å²) < 4.78 is 0. The van der Waals surface area contributed by atoms with Gasteiger partial charge in [-0.25, -0.2) is 0 Å². The zero-order chi connectivity index (χ0) is 15.3. The Morgan fingerprint density at radius 3 is 1.89 bits per heavy atom. The standard InChI is InChI=1S/C12H18N2O.2C2H6/c1-4-5-12(15)13-10-6-8-11(9-7-10)14(2)3;2*1-2/h6-9H,4-5H2,1-3H3,(H,13,15);2*1-2H3. The van der Waals surface area contributed by atoms with Crippen LogP contribution in [-0.4, -0.2) is 20.0 Å². The number of nitrogens with one attached hydrogen (secondary N) is 1. The second kappa shape index (κ2) is 12.9. The van der Waals surface area contributed by atoms with Crippen molar-refractivity contribution < 1.29 is 4.79 Å². The van der Waals surface area contributed by atoms with Crippen molar-refractivity contribution in [1.29, 1.82) is 0 Å². The SMILES string of the molecule is CC.CC.CCCC(=O)Nc1ccc(N(C)C)cc1. The molecule has 1 aromatic rings. The molecule has 0 bridgehead atoms. The minimum atomic E-state index is 0.0788. The average molecular weight is 266 g/mol. The summed E-state index contributed by atoms with van der Waals surface area (Å²) in [4.78, 5) is 13.3. The lowest BCUT2D eigenvalue weighted by Gasteiger charge is -2.12. The zero-order valence-corrected chi connectivity index (χ0v) is 13.6. The molecule has 3 nitrogen and oxygen atoms in total. The molecule has 0 saturated carbocycles. The predicted octanol–water partition coefficient (Wildman–Crippen LogP) is 4.54. The van der Waals surface area contributed by atoms with Gasteiger partial charge in [-0.05, 0) is 30.7 Å². The van der Waals surface area contributed by atoms with Gasteiger partial charge < -0.3 is 10.2 Å². The lowest BCUT2D eigenvalue weighted by atomic mass is 10.2. The van der Waals surface area contributed by atoms with Gasteiger partial charge in [-0.15, -0.1) is 0 Å². The van der Waals surface area contributed by atoms with Crippen LogP contribution in [0.1, 0.15) is 47.5 Å². The first-order valence-corrected chi connectivity index (χ1v) is 7.20. The average Bonchev–Trinajstić information content (AvgIpc) is 2.44. The van der Waals surface area contributed by atoms with E-state index in [4.69, 9.17) is 0 Å². The molecule has 0 atom stereocenters. The Kier molecular flexibility index (Phi) is 13.5. The van der Waals surface area contributed by atoms with E-state index in [-0.39, 0.29) is 5.91 Å². The lowest BCUT2D eigenvalue weighted by molar-refractivity contribution is -0.116. The molecule has 3 heteroatoms. The molecule has 0 aliphatic rings. The molecule has 0 spiro atoms. The summed E-state index contributed by atoms with van der Waals surface area (Å²) in [5.41, 5.74) is 1.99. The van der Waals surface area contributed by atoms with Gasteiger partial charge in [0.2, 0.25) is 5.91 Å². The third-order valence-corrected chi connectivity index (χ3v) is 2.14. The monoisotopic (exact) mass is 266 g/mol. The second-order valence-corrected chi connectivity index (χ2v) is 3.74. The Morgan fingerprint density at radius 2 is 1.53 bits per heavy atom. The third-order valence-electron chi connectivity index (χ3n) is 2.14. The number of rotatable bonds is 4. The minimum Gasteiger partial charge on any atom is -0.378 e. The van der Waals surface area contributed by atoms with Crippen LogP contribution in [0.5, 0.6) is 0 Å². The summed E-state index contributed by atoms with van der Waals surface area (Å²) >= 11 is 0. The van der Waals surface area contributed by atoms with Gasteiger partial charge in [-0.3, -0.25) is 4.79 Å². The molecular formula is C16H30N2O. The number of amides is 1. The van der Waals surface area contributed by atoms with Crippen molar-refractivity contribution in [3.05, 3.63) is 24.3 Å². The first kappa shape index (κ1) is 19.8. The molecule has 1 aromatic carbocycles. The fraction of sp³-hybridized carbons (Fsp3) is 0.562. The molecule has 0 unspecified atom stereocenters. The molecule has 0 aromatic heterocycles. The largest absolute Gasteiger partial charge is 0.378 e. The van der Waals surface area contributed by atoms with Crippen molar-refractivity contribution in [3.63, 3.8) is 0 Å². The van der Waals surface area contributed by atoms with Gasteiger partial charge in [-0.1, -0.05) is 34.6 Å². The van der Waals surface area contributed by atoms with E-state index >= 15 is 0 Å². The number of hydrogen-bond acceptors (Lipinski definition) is 2. The maximum absolute atomic E-state index is 11.3. The molecule has 19 heavy (non-hydrogen) atoms. The number of benzene rings is 1. The second-order valence-electron chi connectivity index (χ2n) is 3.74. The van der Waals surface area contributed by atoms with E-state index in [0.717, 1.165) is 17.8 Å². The van der Waals surface area contributed by atoms with Gasteiger partial charge in [0, 0.05) is 31.9 Å². The van der Waals surface area contributed by atoms with Gasteiger partial charge in [0.1, 0.15) is 0 Å². The van der Waals surface area contributed by atoms with Gasteiger partial charge in [0.25, 0.3) is 0 Å². The Balaban J connectivity index is 0. The highest BCUT2D eigenvalue weighted by molar-refractivity contribution is 5.90. The van der Waals surface area contributed by atoms with Crippen LogP contribution in [0.4, 0.5) is 11.4 Å². The van der Waals surface area contributed by atoms with Crippen LogP contribution in [-0.2, 0) is 4.79 Å². The lowest BCUT2D eigenvalue weighted by Crippen LogP contribution is -2.11. The molecular weight excluding hydrogens is 236 g/mol. The van der Waals surface area contributed by atoms with Crippen LogP contribution in [0.15, 0.2) is 24.3 Å². The van der Waals surface area contributed by atoms with E-state index in [9.17, 15) is 4.79 Å². The van der Waals surface area contributed by atoms with Crippen LogP contribution >= 0.6 is 0 Å². The molecule has 1 N–H and O–H groups in total. The number of hydrogen-bond donors (Lipinski definition) is 1. The van der Waals surface area contributed by atoms with E-state index < -0.39 is 0 Å². The first-order valence-electron chi connectivity index (χ1n) is 7.20. The predicted molar refractivity (Wildman–Crippen MR) is 87.0 cm³/mol. The summed E-state index contributed by atoms with van der Waals surface area (Å²) in [5.74, 6) is 0.0788. The Labute approximate surface area is 119 Å². The van der Waals surface area contributed by atoms with Crippen LogP contribution < -0.4 is 10.2 Å². The molecule has 110 valence electrons. The molecule has 0 fully saturated rings. The van der Waals surface area contributed by atoms with Crippen LogP contribution in [0.25, 0.3) is 0 Å². The van der Waals surface area contributed by atoms with E-state index in [1.807, 2.05) is 77.9 Å². The summed E-state index contributed by atoms with van der Waals surface area (Å²) in [6, 6.07) is 7.81. The van der Waals surface area contributed by atoms with Crippen molar-refractivity contribution >= 4 is 17.3 Å². The summed E-state index contributed by atoms with van der Waals surface area (Å²) in [6.07, 6.45) is 1.46. The molecule has 0 aliphatic heterocycles. The van der Waals surface area contributed by atoms with Crippen molar-refractivity contribution in [2.45, 2.75) is 47.5 Å². The number of carbonyl (C=O) groups is 1. The number of nitrogens with zero attached hydrogens (tertiary/aromatic N) is 1. The highest BCUT2D eigenvalue weighted by Crippen LogP contribution is 2.15. The van der Waals surface area contributed by atoms with Gasteiger partial charge in [-0.2, -0.15) is 0 Å². The van der Waals surface area contributed by atoms with E-state index in [0.29, 0.717) is 6.42 Å². The fourth-order valence-electron chi connectivity index (χ4n) is 1.29. The summed E-state index contributed by atoms with van der Waals surface area (Å²) in [5, 5.41) is 2.85. The van der Waals surface area contributed by atoms with Crippen molar-refractivity contribution in [1.82, 2.24) is 0 Å².